The second-order valence-corrected chi connectivity index (χ2v) is 14.5. The summed E-state index contributed by atoms with van der Waals surface area (Å²) >= 11 is 0. The lowest BCUT2D eigenvalue weighted by molar-refractivity contribution is 0.283. The number of hydrogen-bond acceptors (Lipinski definition) is 0. The van der Waals surface area contributed by atoms with Crippen LogP contribution in [0.15, 0.2) is 114 Å². The predicted octanol–water partition coefficient (Wildman–Crippen LogP) is 17.9. The molecule has 3 atom stereocenters. The van der Waals surface area contributed by atoms with Crippen LogP contribution in [0.3, 0.4) is 0 Å². The second-order valence-electron chi connectivity index (χ2n) is 14.5. The van der Waals surface area contributed by atoms with Crippen molar-refractivity contribution in [1.29, 1.82) is 0 Å². The Morgan fingerprint density at radius 1 is 0.784 bits per heavy atom. The van der Waals surface area contributed by atoms with E-state index in [2.05, 4.69) is 170 Å². The maximum atomic E-state index is 3.86. The van der Waals surface area contributed by atoms with Gasteiger partial charge in [0.2, 0.25) is 0 Å². The SMILES string of the molecule is C=C(C)C.C=C(C)C(C)CC.C=C/C=C\C(=C/CC)C(C1=CCC=C(C)C=C1)C(C)c1cc(C)cc(C)c1.CC.CC.CC.CC(C)C(C)(C)C. The molecule has 0 bridgehead atoms. The molecule has 0 N–H and O–H groups in total. The Labute approximate surface area is 323 Å². The average Bonchev–Trinajstić information content (AvgIpc) is 3.29. The van der Waals surface area contributed by atoms with Gasteiger partial charge in [0.15, 0.2) is 0 Å². The van der Waals surface area contributed by atoms with E-state index in [1.54, 1.807) is 0 Å². The first-order valence-corrected chi connectivity index (χ1v) is 20.2. The molecule has 0 nitrogen and oxygen atoms in total. The first-order valence-electron chi connectivity index (χ1n) is 20.2. The quantitative estimate of drug-likeness (QED) is 0.177. The van der Waals surface area contributed by atoms with E-state index >= 15 is 0 Å². The van der Waals surface area contributed by atoms with E-state index < -0.39 is 0 Å². The lowest BCUT2D eigenvalue weighted by Gasteiger charge is -2.28. The second kappa shape index (κ2) is 35.5. The summed E-state index contributed by atoms with van der Waals surface area (Å²) in [4.78, 5) is 0. The molecular weight excluding hydrogens is 613 g/mol. The van der Waals surface area contributed by atoms with Gasteiger partial charge in [-0.25, -0.2) is 0 Å². The molecule has 0 fully saturated rings. The average molecular weight is 703 g/mol. The lowest BCUT2D eigenvalue weighted by Crippen LogP contribution is -2.15. The van der Waals surface area contributed by atoms with Gasteiger partial charge < -0.3 is 0 Å². The predicted molar refractivity (Wildman–Crippen MR) is 244 cm³/mol. The monoisotopic (exact) mass is 703 g/mol. The Morgan fingerprint density at radius 2 is 1.24 bits per heavy atom. The van der Waals surface area contributed by atoms with Gasteiger partial charge in [0.1, 0.15) is 0 Å². The minimum Gasteiger partial charge on any atom is -0.100 e. The van der Waals surface area contributed by atoms with Crippen LogP contribution >= 0.6 is 0 Å². The van der Waals surface area contributed by atoms with Crippen LogP contribution < -0.4 is 0 Å². The highest BCUT2D eigenvalue weighted by Crippen LogP contribution is 2.38. The Morgan fingerprint density at radius 3 is 1.57 bits per heavy atom. The fourth-order valence-corrected chi connectivity index (χ4v) is 4.27. The molecule has 0 heteroatoms. The van der Waals surface area contributed by atoms with Gasteiger partial charge in [-0.1, -0.05) is 212 Å². The topological polar surface area (TPSA) is 0 Å². The van der Waals surface area contributed by atoms with Gasteiger partial charge in [0.25, 0.3) is 0 Å². The summed E-state index contributed by atoms with van der Waals surface area (Å²) in [6, 6.07) is 6.94. The Bertz CT molecular complexity index is 1150. The third-order valence-corrected chi connectivity index (χ3v) is 8.37. The summed E-state index contributed by atoms with van der Waals surface area (Å²) in [5.74, 6) is 2.23. The van der Waals surface area contributed by atoms with Crippen LogP contribution in [0, 0.1) is 37.0 Å². The Balaban J connectivity index is -0.000000240. The third kappa shape index (κ3) is 31.6. The highest BCUT2D eigenvalue weighted by Gasteiger charge is 2.25. The van der Waals surface area contributed by atoms with Crippen molar-refractivity contribution in [2.24, 2.45) is 23.2 Å². The summed E-state index contributed by atoms with van der Waals surface area (Å²) < 4.78 is 0. The molecule has 0 amide bonds. The molecule has 1 aliphatic carbocycles. The molecule has 0 aliphatic heterocycles. The maximum absolute atomic E-state index is 3.86. The number of hydrogen-bond donors (Lipinski definition) is 0. The van der Waals surface area contributed by atoms with Crippen LogP contribution in [0.25, 0.3) is 0 Å². The van der Waals surface area contributed by atoms with Crippen molar-refractivity contribution in [3.05, 3.63) is 131 Å². The number of benzene rings is 1. The highest BCUT2D eigenvalue weighted by atomic mass is 14.3. The van der Waals surface area contributed by atoms with Crippen molar-refractivity contribution in [3.63, 3.8) is 0 Å². The zero-order valence-corrected chi connectivity index (χ0v) is 38.4. The summed E-state index contributed by atoms with van der Waals surface area (Å²) in [5.41, 5.74) is 11.2. The lowest BCUT2D eigenvalue weighted by atomic mass is 9.76. The molecule has 3 unspecified atom stereocenters. The first kappa shape index (κ1) is 57.5. The van der Waals surface area contributed by atoms with E-state index in [-0.39, 0.29) is 0 Å². The normalized spacial score (nSPS) is 13.6. The smallest absolute Gasteiger partial charge is 0.0149 e. The molecule has 0 spiro atoms. The van der Waals surface area contributed by atoms with Crippen LogP contribution in [-0.2, 0) is 0 Å². The third-order valence-electron chi connectivity index (χ3n) is 8.37. The van der Waals surface area contributed by atoms with Crippen LogP contribution in [-0.4, -0.2) is 0 Å². The van der Waals surface area contributed by atoms with Crippen molar-refractivity contribution in [2.45, 2.75) is 171 Å². The van der Waals surface area contributed by atoms with Crippen molar-refractivity contribution in [2.75, 3.05) is 0 Å². The molecule has 2 rings (SSSR count). The van der Waals surface area contributed by atoms with Crippen molar-refractivity contribution >= 4 is 0 Å². The van der Waals surface area contributed by atoms with E-state index in [1.807, 2.05) is 61.5 Å². The number of allylic oxidation sites excluding steroid dienone is 13. The van der Waals surface area contributed by atoms with Gasteiger partial charge in [-0.2, -0.15) is 0 Å². The fraction of sp³-hybridized carbons (Fsp3) is 0.569. The van der Waals surface area contributed by atoms with Crippen molar-refractivity contribution < 1.29 is 0 Å². The van der Waals surface area contributed by atoms with Gasteiger partial charge in [0, 0.05) is 5.92 Å². The Kier molecular flexibility index (Phi) is 40.1. The molecule has 0 radical (unpaired) electrons. The van der Waals surface area contributed by atoms with E-state index in [1.165, 1.54) is 51.0 Å². The van der Waals surface area contributed by atoms with E-state index in [0.717, 1.165) is 18.8 Å². The zero-order chi connectivity index (χ0) is 41.3. The van der Waals surface area contributed by atoms with Gasteiger partial charge in [-0.05, 0) is 101 Å². The summed E-state index contributed by atoms with van der Waals surface area (Å²) in [6.07, 6.45) is 21.0. The standard InChI is InChI=1S/C27H34.C7H16.C7H14.C4H8.3C2H6/c1-7-9-13-24(11-8-2)27(25-14-10-12-20(3)15-16-25)23(6)26-18-21(4)17-22(5)19-26;1-6(2)7(3,4)5;1-5-7(4)6(2)3;1-4(2)3;3*1-2/h7,9,11-19,23,27H,1,8,10H2,2-6H3;6H,1-5H3;7H,2,5H2,1,3-4H3;1H2,2-3H3;3*1-2H3/b13-9-,24-11+;;;;;;. The van der Waals surface area contributed by atoms with Crippen LogP contribution in [0.4, 0.5) is 0 Å². The molecule has 294 valence electrons. The minimum atomic E-state index is 0.331. The van der Waals surface area contributed by atoms with Gasteiger partial charge in [-0.3, -0.25) is 0 Å². The molecule has 1 aliphatic rings. The number of aryl methyl sites for hydroxylation is 2. The molecule has 1 aromatic rings. The fourth-order valence-electron chi connectivity index (χ4n) is 4.27. The van der Waals surface area contributed by atoms with Crippen LogP contribution in [0.2, 0.25) is 0 Å². The highest BCUT2D eigenvalue weighted by molar-refractivity contribution is 5.44. The molecule has 0 heterocycles. The minimum absolute atomic E-state index is 0.331. The van der Waals surface area contributed by atoms with Crippen LogP contribution in [0.5, 0.6) is 0 Å². The van der Waals surface area contributed by atoms with Gasteiger partial charge >= 0.3 is 0 Å². The van der Waals surface area contributed by atoms with Crippen molar-refractivity contribution in [3.8, 4) is 0 Å². The summed E-state index contributed by atoms with van der Waals surface area (Å²) in [6.45, 7) is 56.1. The molecule has 0 saturated carbocycles. The molecule has 1 aromatic carbocycles. The van der Waals surface area contributed by atoms with Gasteiger partial charge in [-0.15, -0.1) is 6.58 Å². The van der Waals surface area contributed by atoms with Crippen LogP contribution in [0.1, 0.15) is 173 Å². The maximum Gasteiger partial charge on any atom is 0.0149 e. The summed E-state index contributed by atoms with van der Waals surface area (Å²) in [7, 11) is 0. The Hall–Kier alpha value is -2.86. The van der Waals surface area contributed by atoms with E-state index in [9.17, 15) is 0 Å². The zero-order valence-electron chi connectivity index (χ0n) is 38.4. The van der Waals surface area contributed by atoms with Crippen molar-refractivity contribution in [1.82, 2.24) is 0 Å². The largest absolute Gasteiger partial charge is 0.100 e. The molecule has 51 heavy (non-hydrogen) atoms. The summed E-state index contributed by atoms with van der Waals surface area (Å²) in [5, 5.41) is 0. The molecular formula is C51H90. The molecule has 0 saturated heterocycles. The van der Waals surface area contributed by atoms with E-state index in [4.69, 9.17) is 0 Å². The number of rotatable bonds is 9. The molecule has 0 aromatic heterocycles. The van der Waals surface area contributed by atoms with Gasteiger partial charge in [0.05, 0.1) is 0 Å². The van der Waals surface area contributed by atoms with E-state index in [0.29, 0.717) is 23.2 Å². The first-order chi connectivity index (χ1) is 23.8.